The lowest BCUT2D eigenvalue weighted by molar-refractivity contribution is -0.203. The Labute approximate surface area is 64.2 Å². The Morgan fingerprint density at radius 3 is 2.09 bits per heavy atom. The molecule has 11 heavy (non-hydrogen) atoms. The number of ether oxygens (including phenoxy) is 1. The second kappa shape index (κ2) is 2.68. The smallest absolute Gasteiger partial charge is 0.273 e. The second-order valence-electron chi connectivity index (χ2n) is 3.03. The molecule has 4 heteroatoms. The van der Waals surface area contributed by atoms with E-state index in [1.54, 1.807) is 0 Å². The Balaban J connectivity index is 2.64. The van der Waals surface area contributed by atoms with Crippen LogP contribution in [-0.4, -0.2) is 29.8 Å². The lowest BCUT2D eigenvalue weighted by Crippen LogP contribution is -2.49. The van der Waals surface area contributed by atoms with E-state index in [4.69, 9.17) is 4.74 Å². The molecule has 0 atom stereocenters. The number of hydrogen-bond acceptors (Lipinski definition) is 2. The van der Waals surface area contributed by atoms with Crippen LogP contribution < -0.4 is 0 Å². The summed E-state index contributed by atoms with van der Waals surface area (Å²) < 4.78 is 30.2. The van der Waals surface area contributed by atoms with Crippen LogP contribution in [0.2, 0.25) is 0 Å². The molecular weight excluding hydrogens is 154 g/mol. The lowest BCUT2D eigenvalue weighted by atomic mass is 9.88. The number of alkyl halides is 2. The van der Waals surface area contributed by atoms with Gasteiger partial charge in [-0.05, 0) is 0 Å². The molecule has 0 amide bonds. The van der Waals surface area contributed by atoms with Gasteiger partial charge in [0.1, 0.15) is 5.60 Å². The van der Waals surface area contributed by atoms with Gasteiger partial charge in [0.2, 0.25) is 0 Å². The van der Waals surface area contributed by atoms with Crippen LogP contribution in [0.5, 0.6) is 0 Å². The summed E-state index contributed by atoms with van der Waals surface area (Å²) in [6.07, 6.45) is 0.0486. The number of aliphatic hydroxyl groups is 1. The van der Waals surface area contributed by atoms with Crippen molar-refractivity contribution in [1.29, 1.82) is 0 Å². The molecule has 0 aliphatic carbocycles. The fraction of sp³-hybridized carbons (Fsp3) is 1.00. The largest absolute Gasteiger partial charge is 0.383 e. The standard InChI is InChI=1S/C7H12F2O2/c1-6(8,9)7(10)2-4-11-5-3-7/h10H,2-5H2,1H3. The van der Waals surface area contributed by atoms with E-state index in [2.05, 4.69) is 0 Å². The van der Waals surface area contributed by atoms with E-state index in [1.807, 2.05) is 0 Å². The minimum Gasteiger partial charge on any atom is -0.383 e. The van der Waals surface area contributed by atoms with E-state index >= 15 is 0 Å². The number of rotatable bonds is 1. The van der Waals surface area contributed by atoms with E-state index in [0.717, 1.165) is 6.92 Å². The average molecular weight is 166 g/mol. The third kappa shape index (κ3) is 1.68. The fourth-order valence-corrected chi connectivity index (χ4v) is 1.15. The van der Waals surface area contributed by atoms with E-state index < -0.39 is 11.5 Å². The first-order chi connectivity index (χ1) is 4.96. The van der Waals surface area contributed by atoms with E-state index in [-0.39, 0.29) is 26.1 Å². The molecule has 1 fully saturated rings. The van der Waals surface area contributed by atoms with Gasteiger partial charge in [0.05, 0.1) is 0 Å². The van der Waals surface area contributed by atoms with Crippen molar-refractivity contribution >= 4 is 0 Å². The molecule has 0 bridgehead atoms. The zero-order chi connectivity index (χ0) is 8.54. The maximum atomic E-state index is 12.7. The summed E-state index contributed by atoms with van der Waals surface area (Å²) in [6.45, 7) is 1.19. The maximum Gasteiger partial charge on any atom is 0.273 e. The van der Waals surface area contributed by atoms with E-state index in [9.17, 15) is 13.9 Å². The van der Waals surface area contributed by atoms with Gasteiger partial charge < -0.3 is 9.84 Å². The third-order valence-electron chi connectivity index (χ3n) is 2.14. The van der Waals surface area contributed by atoms with Crippen LogP contribution in [0.15, 0.2) is 0 Å². The second-order valence-corrected chi connectivity index (χ2v) is 3.03. The quantitative estimate of drug-likeness (QED) is 0.633. The molecule has 1 N–H and O–H groups in total. The highest BCUT2D eigenvalue weighted by atomic mass is 19.3. The fourth-order valence-electron chi connectivity index (χ4n) is 1.15. The van der Waals surface area contributed by atoms with Gasteiger partial charge in [-0.25, -0.2) is 8.78 Å². The highest BCUT2D eigenvalue weighted by Gasteiger charge is 2.49. The van der Waals surface area contributed by atoms with Crippen molar-refractivity contribution in [2.24, 2.45) is 0 Å². The van der Waals surface area contributed by atoms with Crippen LogP contribution in [0.1, 0.15) is 19.8 Å². The highest BCUT2D eigenvalue weighted by molar-refractivity contribution is 4.91. The third-order valence-corrected chi connectivity index (χ3v) is 2.14. The predicted molar refractivity (Wildman–Crippen MR) is 35.6 cm³/mol. The molecule has 1 rings (SSSR count). The van der Waals surface area contributed by atoms with Crippen molar-refractivity contribution in [1.82, 2.24) is 0 Å². The van der Waals surface area contributed by atoms with Gasteiger partial charge in [0.15, 0.2) is 0 Å². The van der Waals surface area contributed by atoms with Gasteiger partial charge in [0.25, 0.3) is 5.92 Å². The Morgan fingerprint density at radius 2 is 1.82 bits per heavy atom. The first-order valence-corrected chi connectivity index (χ1v) is 3.64. The van der Waals surface area contributed by atoms with E-state index in [1.165, 1.54) is 0 Å². The zero-order valence-corrected chi connectivity index (χ0v) is 6.44. The zero-order valence-electron chi connectivity index (χ0n) is 6.44. The Hall–Kier alpha value is -0.220. The molecule has 0 saturated carbocycles. The van der Waals surface area contributed by atoms with Gasteiger partial charge in [-0.15, -0.1) is 0 Å². The van der Waals surface area contributed by atoms with Crippen LogP contribution in [0.25, 0.3) is 0 Å². The summed E-state index contributed by atoms with van der Waals surface area (Å²) in [4.78, 5) is 0. The summed E-state index contributed by atoms with van der Waals surface area (Å²) in [7, 11) is 0. The van der Waals surface area contributed by atoms with Crippen LogP contribution in [0.3, 0.4) is 0 Å². The monoisotopic (exact) mass is 166 g/mol. The summed E-state index contributed by atoms with van der Waals surface area (Å²) in [5.41, 5.74) is -1.84. The molecule has 0 unspecified atom stereocenters. The van der Waals surface area contributed by atoms with Gasteiger partial charge in [-0.3, -0.25) is 0 Å². The first-order valence-electron chi connectivity index (χ1n) is 3.64. The van der Waals surface area contributed by atoms with Crippen molar-refractivity contribution in [2.75, 3.05) is 13.2 Å². The van der Waals surface area contributed by atoms with Gasteiger partial charge in [-0.1, -0.05) is 0 Å². The maximum absolute atomic E-state index is 12.7. The summed E-state index contributed by atoms with van der Waals surface area (Å²) in [5.74, 6) is -3.02. The van der Waals surface area contributed by atoms with Gasteiger partial charge in [-0.2, -0.15) is 0 Å². The molecule has 0 aromatic carbocycles. The number of hydrogen-bond donors (Lipinski definition) is 1. The minimum atomic E-state index is -3.02. The van der Waals surface area contributed by atoms with Crippen LogP contribution >= 0.6 is 0 Å². The molecule has 1 heterocycles. The first kappa shape index (κ1) is 8.87. The molecule has 1 saturated heterocycles. The van der Waals surface area contributed by atoms with Gasteiger partial charge in [0, 0.05) is 33.0 Å². The highest BCUT2D eigenvalue weighted by Crippen LogP contribution is 2.35. The van der Waals surface area contributed by atoms with Crippen LogP contribution in [-0.2, 0) is 4.74 Å². The molecule has 66 valence electrons. The Bertz CT molecular complexity index is 136. The van der Waals surface area contributed by atoms with Crippen molar-refractivity contribution in [3.8, 4) is 0 Å². The average Bonchev–Trinajstić information content (AvgIpc) is 1.87. The molecule has 0 aromatic rings. The molecule has 0 aromatic heterocycles. The van der Waals surface area contributed by atoms with Crippen molar-refractivity contribution in [2.45, 2.75) is 31.3 Å². The number of halogens is 2. The van der Waals surface area contributed by atoms with Crippen LogP contribution in [0, 0.1) is 0 Å². The topological polar surface area (TPSA) is 29.5 Å². The van der Waals surface area contributed by atoms with E-state index in [0.29, 0.717) is 0 Å². The predicted octanol–water partition coefficient (Wildman–Crippen LogP) is 1.18. The van der Waals surface area contributed by atoms with Crippen LogP contribution in [0.4, 0.5) is 8.78 Å². The SMILES string of the molecule is CC(F)(F)C1(O)CCOCC1. The summed E-state index contributed by atoms with van der Waals surface area (Å²) in [5, 5.41) is 9.38. The van der Waals surface area contributed by atoms with Crippen molar-refractivity contribution < 1.29 is 18.6 Å². The molecule has 1 aliphatic heterocycles. The normalized spacial score (nSPS) is 25.1. The Morgan fingerprint density at radius 1 is 1.36 bits per heavy atom. The summed E-state index contributed by atoms with van der Waals surface area (Å²) in [6, 6.07) is 0. The Kier molecular flexibility index (Phi) is 2.16. The lowest BCUT2D eigenvalue weighted by Gasteiger charge is -2.36. The molecule has 0 spiro atoms. The molecule has 0 radical (unpaired) electrons. The molecule has 2 nitrogen and oxygen atoms in total. The summed E-state index contributed by atoms with van der Waals surface area (Å²) >= 11 is 0. The van der Waals surface area contributed by atoms with Crippen molar-refractivity contribution in [3.05, 3.63) is 0 Å². The van der Waals surface area contributed by atoms with Gasteiger partial charge >= 0.3 is 0 Å². The molecular formula is C7H12F2O2. The molecule has 1 aliphatic rings. The minimum absolute atomic E-state index is 0.0243. The van der Waals surface area contributed by atoms with Crippen molar-refractivity contribution in [3.63, 3.8) is 0 Å².